The molecule has 1 aliphatic heterocycles. The molecule has 1 atom stereocenters. The fraction of sp³-hybridized carbons (Fsp3) is 0.536. The summed E-state index contributed by atoms with van der Waals surface area (Å²) in [6.07, 6.45) is 10.7. The molecule has 1 aliphatic rings. The van der Waals surface area contributed by atoms with Gasteiger partial charge in [0.1, 0.15) is 55.8 Å². The summed E-state index contributed by atoms with van der Waals surface area (Å²) in [5.74, 6) is 2.21. The number of carbonyl (C=O) groups is 5. The highest BCUT2D eigenvalue weighted by molar-refractivity contribution is 6.17. The Bertz CT molecular complexity index is 2550. The topological polar surface area (TPSA) is 308 Å². The number of alkyl halides is 1. The van der Waals surface area contributed by atoms with Gasteiger partial charge in [-0.15, -0.1) is 11.6 Å². The van der Waals surface area contributed by atoms with Crippen molar-refractivity contribution in [2.75, 3.05) is 157 Å². The third-order valence-electron chi connectivity index (χ3n) is 11.8. The van der Waals surface area contributed by atoms with E-state index in [1.807, 2.05) is 59.3 Å². The van der Waals surface area contributed by atoms with E-state index in [0.29, 0.717) is 80.2 Å². The number of alkyl carbamates (subject to hydrolysis) is 4. The molecule has 26 nitrogen and oxygen atoms in total. The van der Waals surface area contributed by atoms with Crippen LogP contribution in [-0.4, -0.2) is 206 Å². The van der Waals surface area contributed by atoms with Crippen molar-refractivity contribution in [1.29, 1.82) is 0 Å². The lowest BCUT2D eigenvalue weighted by Gasteiger charge is -2.32. The largest absolute Gasteiger partial charge is 0.457 e. The van der Waals surface area contributed by atoms with Crippen LogP contribution in [-0.2, 0) is 52.2 Å². The zero-order chi connectivity index (χ0) is 58.8. The molecule has 3 heterocycles. The number of aromatic nitrogens is 4. The number of amides is 5. The zero-order valence-electron chi connectivity index (χ0n) is 46.9. The maximum atomic E-state index is 13.2. The summed E-state index contributed by atoms with van der Waals surface area (Å²) in [6.45, 7) is 5.66. The number of carbonyl (C=O) groups excluding carboxylic acids is 5. The molecule has 0 bridgehead atoms. The Morgan fingerprint density at radius 1 is 0.590 bits per heavy atom. The van der Waals surface area contributed by atoms with Gasteiger partial charge in [-0.05, 0) is 74.2 Å². The maximum absolute atomic E-state index is 13.2. The van der Waals surface area contributed by atoms with Crippen molar-refractivity contribution >= 4 is 58.7 Å². The quantitative estimate of drug-likeness (QED) is 0.0113. The van der Waals surface area contributed by atoms with Crippen LogP contribution in [0.4, 0.5) is 25.0 Å². The summed E-state index contributed by atoms with van der Waals surface area (Å²) < 4.78 is 60.6. The Balaban J connectivity index is 0.773. The number of anilines is 1. The molecule has 4 aromatic rings. The molecule has 0 saturated carbocycles. The number of benzene rings is 2. The lowest BCUT2D eigenvalue weighted by Crippen LogP contribution is -2.40. The third kappa shape index (κ3) is 28.0. The van der Waals surface area contributed by atoms with Crippen molar-refractivity contribution in [3.63, 3.8) is 0 Å². The Kier molecular flexibility index (Phi) is 33.3. The number of hydrogen-bond donors (Lipinski definition) is 5. The van der Waals surface area contributed by atoms with Gasteiger partial charge in [-0.25, -0.2) is 33.8 Å². The van der Waals surface area contributed by atoms with Gasteiger partial charge in [-0.2, -0.15) is 5.10 Å². The zero-order valence-corrected chi connectivity index (χ0v) is 47.6. The normalized spacial score (nSPS) is 13.3. The number of ether oxygens (including phenoxy) is 11. The summed E-state index contributed by atoms with van der Waals surface area (Å²) in [4.78, 5) is 71.4. The third-order valence-corrected chi connectivity index (χ3v) is 12.1. The van der Waals surface area contributed by atoms with E-state index in [1.165, 1.54) is 24.6 Å². The van der Waals surface area contributed by atoms with Gasteiger partial charge in [-0.1, -0.05) is 37.1 Å². The van der Waals surface area contributed by atoms with E-state index >= 15 is 0 Å². The molecule has 5 amide bonds. The Morgan fingerprint density at radius 2 is 1.12 bits per heavy atom. The molecule has 6 N–H and O–H groups in total. The summed E-state index contributed by atoms with van der Waals surface area (Å²) in [6, 6.07) is 16.9. The van der Waals surface area contributed by atoms with Gasteiger partial charge >= 0.3 is 24.4 Å². The molecule has 0 aliphatic carbocycles. The summed E-state index contributed by atoms with van der Waals surface area (Å²) in [5, 5.41) is 15.9. The molecule has 0 spiro atoms. The van der Waals surface area contributed by atoms with E-state index in [-0.39, 0.29) is 111 Å². The minimum atomic E-state index is -0.662. The number of unbranched alkanes of at least 4 members (excludes halogenated alkanes) is 3. The number of halogens is 1. The Morgan fingerprint density at radius 3 is 1.72 bits per heavy atom. The Hall–Kier alpha value is -7.33. The van der Waals surface area contributed by atoms with Crippen LogP contribution in [0.5, 0.6) is 11.5 Å². The molecule has 5 rings (SSSR count). The lowest BCUT2D eigenvalue weighted by atomic mass is 10.1. The number of hydrogen-bond acceptors (Lipinski definition) is 20. The molecule has 2 aromatic carbocycles. The second-order valence-electron chi connectivity index (χ2n) is 18.1. The molecule has 456 valence electrons. The predicted molar refractivity (Wildman–Crippen MR) is 306 cm³/mol. The first-order chi connectivity index (χ1) is 40.7. The van der Waals surface area contributed by atoms with Crippen LogP contribution in [0.15, 0.2) is 85.2 Å². The molecule has 1 saturated heterocycles. The number of nitrogen functional groups attached to an aromatic ring is 1. The van der Waals surface area contributed by atoms with Crippen molar-refractivity contribution in [3.8, 4) is 22.8 Å². The molecule has 27 heteroatoms. The number of para-hydroxylation sites is 1. The molecule has 83 heavy (non-hydrogen) atoms. The monoisotopic (exact) mass is 1180 g/mol. The van der Waals surface area contributed by atoms with E-state index in [9.17, 15) is 24.0 Å². The second-order valence-corrected chi connectivity index (χ2v) is 18.4. The smallest absolute Gasteiger partial charge is 0.407 e. The van der Waals surface area contributed by atoms with Crippen LogP contribution in [0, 0.1) is 0 Å². The first kappa shape index (κ1) is 66.5. The number of nitrogens with zero attached hydrogens (tertiary/aromatic N) is 5. The highest BCUT2D eigenvalue weighted by atomic mass is 35.5. The van der Waals surface area contributed by atoms with Gasteiger partial charge in [0.2, 0.25) is 5.91 Å². The molecular weight excluding hydrogens is 1100 g/mol. The molecule has 1 unspecified atom stereocenters. The van der Waals surface area contributed by atoms with Crippen LogP contribution < -0.4 is 31.7 Å². The number of nitrogens with two attached hydrogens (primary N) is 1. The van der Waals surface area contributed by atoms with Crippen LogP contribution >= 0.6 is 11.6 Å². The average molecular weight is 1180 g/mol. The van der Waals surface area contributed by atoms with Crippen molar-refractivity contribution in [2.24, 2.45) is 0 Å². The minimum Gasteiger partial charge on any atom is -0.457 e. The van der Waals surface area contributed by atoms with E-state index < -0.39 is 24.4 Å². The van der Waals surface area contributed by atoms with Crippen LogP contribution in [0.2, 0.25) is 0 Å². The lowest BCUT2D eigenvalue weighted by molar-refractivity contribution is -0.127. The second kappa shape index (κ2) is 41.6. The van der Waals surface area contributed by atoms with Gasteiger partial charge < -0.3 is 84.0 Å². The van der Waals surface area contributed by atoms with E-state index in [2.05, 4.69) is 31.2 Å². The highest BCUT2D eigenvalue weighted by Gasteiger charge is 2.28. The van der Waals surface area contributed by atoms with Gasteiger partial charge in [0.25, 0.3) is 0 Å². The SMILES string of the molecule is Nc1ncnc2c1c(-c1ccc(Oc3ccccc3)cc1)nn2C1CCCN(C(=O)/C=C/CNC(=O)OCCOCCOCCNC(=O)OC/C=C/COC(=O)NCCOCCOCCOC(=O)NCCOCCOCCCCCCCl)C1. The van der Waals surface area contributed by atoms with Gasteiger partial charge in [0.15, 0.2) is 5.65 Å². The minimum absolute atomic E-state index is 0.00321. The number of fused-ring (bicyclic) bond motifs is 1. The standard InChI is InChI=1S/C56H79ClN10O16/c57-20-6-1-2-7-26-73-32-33-74-31-24-62-56(72)82-41-39-78-37-35-76-30-23-61-55(71)80-28-9-8-27-79-54(70)60-22-29-75-34-36-77-38-40-81-53(69)59-21-10-15-48(68)66-25-11-12-45(42-66)67-52-49(51(58)63-43-64-52)50(65-67)44-16-18-47(19-17-44)83-46-13-4-3-5-14-46/h3-5,8-10,13-19,43,45H,1-2,6-7,11-12,20-42H2,(H,59,69)(H,60,70)(H,61,71)(H,62,72)(H2,58,63,64)/b9-8+,15-10+. The van der Waals surface area contributed by atoms with Crippen molar-refractivity contribution in [1.82, 2.24) is 45.9 Å². The first-order valence-corrected chi connectivity index (χ1v) is 28.3. The molecule has 2 aromatic heterocycles. The fourth-order valence-corrected chi connectivity index (χ4v) is 7.98. The fourth-order valence-electron chi connectivity index (χ4n) is 7.79. The average Bonchev–Trinajstić information content (AvgIpc) is 3.03. The molecular formula is C56H79ClN10O16. The predicted octanol–water partition coefficient (Wildman–Crippen LogP) is 5.95. The number of piperidine rings is 1. The summed E-state index contributed by atoms with van der Waals surface area (Å²) in [5.41, 5.74) is 8.41. The highest BCUT2D eigenvalue weighted by Crippen LogP contribution is 2.35. The molecule has 0 radical (unpaired) electrons. The number of rotatable bonds is 41. The van der Waals surface area contributed by atoms with E-state index in [4.69, 9.17) is 74.5 Å². The first-order valence-electron chi connectivity index (χ1n) is 27.8. The van der Waals surface area contributed by atoms with Gasteiger partial charge in [0.05, 0.1) is 84.1 Å². The summed E-state index contributed by atoms with van der Waals surface area (Å²) >= 11 is 5.66. The van der Waals surface area contributed by atoms with E-state index in [0.717, 1.165) is 49.8 Å². The maximum Gasteiger partial charge on any atom is 0.407 e. The number of nitrogens with one attached hydrogen (secondary N) is 4. The number of likely N-dealkylation sites (tertiary alicyclic amines) is 1. The van der Waals surface area contributed by atoms with E-state index in [1.54, 1.807) is 11.0 Å². The van der Waals surface area contributed by atoms with Crippen molar-refractivity contribution in [2.45, 2.75) is 44.6 Å². The van der Waals surface area contributed by atoms with Gasteiger partial charge in [0, 0.05) is 63.4 Å². The summed E-state index contributed by atoms with van der Waals surface area (Å²) in [7, 11) is 0. The Labute approximate surface area is 488 Å². The van der Waals surface area contributed by atoms with Crippen LogP contribution in [0.1, 0.15) is 44.6 Å². The molecule has 1 fully saturated rings. The van der Waals surface area contributed by atoms with Crippen LogP contribution in [0.25, 0.3) is 22.3 Å². The van der Waals surface area contributed by atoms with Crippen LogP contribution in [0.3, 0.4) is 0 Å². The van der Waals surface area contributed by atoms with Crippen molar-refractivity contribution < 1.29 is 76.1 Å². The van der Waals surface area contributed by atoms with Crippen molar-refractivity contribution in [3.05, 3.63) is 85.2 Å². The van der Waals surface area contributed by atoms with Gasteiger partial charge in [-0.3, -0.25) is 4.79 Å².